The Hall–Kier alpha value is 0.686. The predicted molar refractivity (Wildman–Crippen MR) is 36.5 cm³/mol. The third-order valence-electron chi connectivity index (χ3n) is 0.585. The van der Waals surface area contributed by atoms with E-state index >= 15 is 0 Å². The van der Waals surface area contributed by atoms with Crippen LogP contribution in [-0.2, 0) is 0 Å². The zero-order valence-corrected chi connectivity index (χ0v) is 8.40. The maximum Gasteiger partial charge on any atom is 2.00 e. The number of hydrogen-bond donors (Lipinski definition) is 0. The fourth-order valence-electron chi connectivity index (χ4n) is 0.299. The minimum Gasteiger partial charge on any atom is -1.00 e. The molecule has 1 rings (SSSR count). The standard InChI is InChI=1S/C5H3BrN.ClH.Mg/c6-5-1-3-7-4-2-5;;/h1-3H;1H;/q-1;;+2/p-1. The van der Waals surface area contributed by atoms with Crippen molar-refractivity contribution in [3.05, 3.63) is 29.0 Å². The van der Waals surface area contributed by atoms with Crippen molar-refractivity contribution in [3.8, 4) is 0 Å². The third kappa shape index (κ3) is 5.15. The van der Waals surface area contributed by atoms with Gasteiger partial charge in [0, 0.05) is 0 Å². The Morgan fingerprint density at radius 3 is 2.44 bits per heavy atom. The molecule has 9 heavy (non-hydrogen) atoms. The van der Waals surface area contributed by atoms with Crippen molar-refractivity contribution < 1.29 is 12.4 Å². The Morgan fingerprint density at radius 1 is 1.56 bits per heavy atom. The molecule has 4 heteroatoms. The molecule has 0 aliphatic carbocycles. The van der Waals surface area contributed by atoms with Crippen LogP contribution in [-0.4, -0.2) is 28.0 Å². The first kappa shape index (κ1) is 12.4. The summed E-state index contributed by atoms with van der Waals surface area (Å²) in [6.07, 6.45) is 4.35. The van der Waals surface area contributed by atoms with Gasteiger partial charge >= 0.3 is 23.1 Å². The number of rotatable bonds is 0. The zero-order chi connectivity index (χ0) is 5.11. The molecule has 0 amide bonds. The van der Waals surface area contributed by atoms with E-state index in [0.29, 0.717) is 0 Å². The molecule has 0 spiro atoms. The van der Waals surface area contributed by atoms with Crippen LogP contribution in [0.1, 0.15) is 0 Å². The Kier molecular flexibility index (Phi) is 9.35. The van der Waals surface area contributed by atoms with Gasteiger partial charge in [0.25, 0.3) is 0 Å². The fraction of sp³-hybridized carbons (Fsp3) is 0. The summed E-state index contributed by atoms with van der Waals surface area (Å²) in [5, 5.41) is 0. The summed E-state index contributed by atoms with van der Waals surface area (Å²) < 4.78 is 1.02. The maximum atomic E-state index is 3.69. The van der Waals surface area contributed by atoms with Gasteiger partial charge < -0.3 is 17.4 Å². The molecule has 0 saturated heterocycles. The monoisotopic (exact) mass is 215 g/mol. The first-order chi connectivity index (χ1) is 3.39. The molecule has 1 heterocycles. The van der Waals surface area contributed by atoms with Crippen molar-refractivity contribution in [3.63, 3.8) is 0 Å². The van der Waals surface area contributed by atoms with E-state index in [1.807, 2.05) is 6.07 Å². The maximum absolute atomic E-state index is 3.69. The van der Waals surface area contributed by atoms with Crippen LogP contribution in [0.3, 0.4) is 0 Å². The van der Waals surface area contributed by atoms with Crippen LogP contribution < -0.4 is 12.4 Å². The minimum absolute atomic E-state index is 0. The first-order valence-electron chi connectivity index (χ1n) is 1.87. The number of nitrogens with zero attached hydrogens (tertiary/aromatic N) is 1. The average molecular weight is 217 g/mol. The second-order valence-electron chi connectivity index (χ2n) is 1.10. The Labute approximate surface area is 84.9 Å². The van der Waals surface area contributed by atoms with Gasteiger partial charge in [-0.15, -0.1) is 28.1 Å². The summed E-state index contributed by atoms with van der Waals surface area (Å²) in [7, 11) is 0. The molecule has 0 aliphatic heterocycles. The normalized spacial score (nSPS) is 6.78. The van der Waals surface area contributed by atoms with Crippen molar-refractivity contribution in [2.24, 2.45) is 0 Å². The number of hydrogen-bond acceptors (Lipinski definition) is 1. The minimum atomic E-state index is 0. The van der Waals surface area contributed by atoms with Crippen molar-refractivity contribution in [1.82, 2.24) is 4.98 Å². The second kappa shape index (κ2) is 6.80. The van der Waals surface area contributed by atoms with E-state index in [1.165, 1.54) is 0 Å². The largest absolute Gasteiger partial charge is 2.00 e. The van der Waals surface area contributed by atoms with Gasteiger partial charge in [0.1, 0.15) is 0 Å². The molecule has 0 aliphatic rings. The van der Waals surface area contributed by atoms with E-state index in [-0.39, 0.29) is 35.5 Å². The van der Waals surface area contributed by atoms with Gasteiger partial charge in [-0.05, 0) is 0 Å². The van der Waals surface area contributed by atoms with Crippen LogP contribution in [0.25, 0.3) is 0 Å². The predicted octanol–water partition coefficient (Wildman–Crippen LogP) is -1.73. The Balaban J connectivity index is 0. The molecule has 0 bridgehead atoms. The van der Waals surface area contributed by atoms with E-state index in [0.717, 1.165) is 4.47 Å². The number of aromatic nitrogens is 1. The molecule has 0 aromatic carbocycles. The van der Waals surface area contributed by atoms with Gasteiger partial charge in [-0.3, -0.25) is 0 Å². The Bertz CT molecular complexity index is 147. The van der Waals surface area contributed by atoms with E-state index in [4.69, 9.17) is 0 Å². The molecular weight excluding hydrogens is 214 g/mol. The summed E-state index contributed by atoms with van der Waals surface area (Å²) >= 11 is 3.24. The summed E-state index contributed by atoms with van der Waals surface area (Å²) in [5.41, 5.74) is 0. The van der Waals surface area contributed by atoms with E-state index in [1.54, 1.807) is 12.3 Å². The van der Waals surface area contributed by atoms with Crippen LogP contribution in [0.2, 0.25) is 0 Å². The molecule has 1 nitrogen and oxygen atoms in total. The van der Waals surface area contributed by atoms with Gasteiger partial charge in [-0.25, -0.2) is 0 Å². The van der Waals surface area contributed by atoms with Crippen LogP contribution in [0.5, 0.6) is 0 Å². The second-order valence-corrected chi connectivity index (χ2v) is 2.02. The zero-order valence-electron chi connectivity index (χ0n) is 4.64. The van der Waals surface area contributed by atoms with Crippen LogP contribution in [0.15, 0.2) is 22.8 Å². The summed E-state index contributed by atoms with van der Waals surface area (Å²) in [5.74, 6) is 0. The third-order valence-corrected chi connectivity index (χ3v) is 1.08. The topological polar surface area (TPSA) is 12.9 Å². The SMILES string of the molecule is Brc1c[c-]ncc1.[Cl-].[Mg+2]. The summed E-state index contributed by atoms with van der Waals surface area (Å²) in [6, 6.07) is 3.62. The van der Waals surface area contributed by atoms with Crippen molar-refractivity contribution in [2.45, 2.75) is 0 Å². The molecule has 0 N–H and O–H groups in total. The van der Waals surface area contributed by atoms with Gasteiger partial charge in [-0.1, -0.05) is 16.9 Å². The molecule has 1 aromatic heterocycles. The van der Waals surface area contributed by atoms with Crippen LogP contribution in [0.4, 0.5) is 0 Å². The molecule has 44 valence electrons. The van der Waals surface area contributed by atoms with Crippen molar-refractivity contribution in [1.29, 1.82) is 0 Å². The number of pyridine rings is 1. The van der Waals surface area contributed by atoms with Gasteiger partial charge in [-0.2, -0.15) is 0 Å². The summed E-state index contributed by atoms with van der Waals surface area (Å²) in [4.78, 5) is 3.69. The number of halogens is 2. The van der Waals surface area contributed by atoms with E-state index < -0.39 is 0 Å². The molecule has 0 atom stereocenters. The molecule has 0 radical (unpaired) electrons. The fourth-order valence-corrected chi connectivity index (χ4v) is 0.519. The Morgan fingerprint density at radius 2 is 2.22 bits per heavy atom. The summed E-state index contributed by atoms with van der Waals surface area (Å²) in [6.45, 7) is 0. The van der Waals surface area contributed by atoms with Crippen LogP contribution >= 0.6 is 15.9 Å². The molecule has 0 unspecified atom stereocenters. The smallest absolute Gasteiger partial charge is 1.00 e. The van der Waals surface area contributed by atoms with Gasteiger partial charge in [0.15, 0.2) is 0 Å². The molecule has 0 fully saturated rings. The quantitative estimate of drug-likeness (QED) is 0.371. The van der Waals surface area contributed by atoms with E-state index in [2.05, 4.69) is 27.1 Å². The van der Waals surface area contributed by atoms with Crippen molar-refractivity contribution >= 4 is 39.0 Å². The molecular formula is C5H3BrClMgN. The molecule has 0 saturated carbocycles. The van der Waals surface area contributed by atoms with Crippen LogP contribution in [0, 0.1) is 6.20 Å². The van der Waals surface area contributed by atoms with Gasteiger partial charge in [0.2, 0.25) is 0 Å². The van der Waals surface area contributed by atoms with Crippen molar-refractivity contribution in [2.75, 3.05) is 0 Å². The average Bonchev–Trinajstić information content (AvgIpc) is 1.69. The van der Waals surface area contributed by atoms with Gasteiger partial charge in [0.05, 0.1) is 0 Å². The first-order valence-corrected chi connectivity index (χ1v) is 2.66. The molecule has 1 aromatic rings. The van der Waals surface area contributed by atoms with E-state index in [9.17, 15) is 0 Å².